The molecule has 0 spiro atoms. The van der Waals surface area contributed by atoms with Crippen LogP contribution in [0.4, 0.5) is 0 Å². The lowest BCUT2D eigenvalue weighted by Crippen LogP contribution is -2.29. The molecule has 0 amide bonds. The quantitative estimate of drug-likeness (QED) is 0.751. The highest BCUT2D eigenvalue weighted by molar-refractivity contribution is 5.03. The van der Waals surface area contributed by atoms with Crippen LogP contribution in [0.1, 0.15) is 40.5 Å². The number of aliphatic hydroxyl groups is 1. The Morgan fingerprint density at radius 2 is 1.88 bits per heavy atom. The molecule has 1 aliphatic heterocycles. The largest absolute Gasteiger partial charge is 0.388 e. The molecule has 0 aliphatic carbocycles. The van der Waals surface area contributed by atoms with Crippen molar-refractivity contribution in [2.75, 3.05) is 13.2 Å². The number of aliphatic hydroxyl groups excluding tert-OH is 1. The standard InChI is InChI=1S/C13H24O3/c1-5-7-13(15-9-10-16-13)8-6-11(14)12(2,3)4/h6,8,11,14H,5,7,9-10H2,1-4H3/b8-6+. The van der Waals surface area contributed by atoms with Crippen LogP contribution in [0, 0.1) is 5.41 Å². The monoisotopic (exact) mass is 228 g/mol. The third-order valence-electron chi connectivity index (χ3n) is 2.79. The first-order chi connectivity index (χ1) is 7.40. The van der Waals surface area contributed by atoms with Crippen molar-refractivity contribution in [2.24, 2.45) is 5.41 Å². The van der Waals surface area contributed by atoms with Crippen molar-refractivity contribution in [1.82, 2.24) is 0 Å². The van der Waals surface area contributed by atoms with Gasteiger partial charge < -0.3 is 14.6 Å². The first-order valence-corrected chi connectivity index (χ1v) is 6.05. The van der Waals surface area contributed by atoms with Crippen molar-refractivity contribution in [2.45, 2.75) is 52.4 Å². The molecule has 0 bridgehead atoms. The summed E-state index contributed by atoms with van der Waals surface area (Å²) in [6.45, 7) is 9.38. The molecule has 3 heteroatoms. The normalized spacial score (nSPS) is 22.8. The van der Waals surface area contributed by atoms with Crippen molar-refractivity contribution in [1.29, 1.82) is 0 Å². The molecule has 1 aliphatic rings. The van der Waals surface area contributed by atoms with E-state index < -0.39 is 11.9 Å². The molecule has 0 aromatic carbocycles. The average Bonchev–Trinajstić information content (AvgIpc) is 2.62. The van der Waals surface area contributed by atoms with Crippen LogP contribution in [0.3, 0.4) is 0 Å². The summed E-state index contributed by atoms with van der Waals surface area (Å²) >= 11 is 0. The maximum Gasteiger partial charge on any atom is 0.188 e. The van der Waals surface area contributed by atoms with Gasteiger partial charge in [-0.2, -0.15) is 0 Å². The summed E-state index contributed by atoms with van der Waals surface area (Å²) in [6.07, 6.45) is 5.02. The number of hydrogen-bond acceptors (Lipinski definition) is 3. The Morgan fingerprint density at radius 1 is 1.31 bits per heavy atom. The lowest BCUT2D eigenvalue weighted by molar-refractivity contribution is -0.122. The van der Waals surface area contributed by atoms with Crippen LogP contribution in [0.5, 0.6) is 0 Å². The highest BCUT2D eigenvalue weighted by atomic mass is 16.7. The summed E-state index contributed by atoms with van der Waals surface area (Å²) < 4.78 is 11.2. The van der Waals surface area contributed by atoms with Gasteiger partial charge in [0.1, 0.15) is 0 Å². The van der Waals surface area contributed by atoms with E-state index in [4.69, 9.17) is 9.47 Å². The fourth-order valence-corrected chi connectivity index (χ4v) is 1.67. The molecule has 1 N–H and O–H groups in total. The van der Waals surface area contributed by atoms with E-state index in [-0.39, 0.29) is 5.41 Å². The fourth-order valence-electron chi connectivity index (χ4n) is 1.67. The molecule has 1 heterocycles. The molecule has 0 saturated carbocycles. The van der Waals surface area contributed by atoms with E-state index in [0.717, 1.165) is 12.8 Å². The van der Waals surface area contributed by atoms with Gasteiger partial charge in [0.2, 0.25) is 0 Å². The third kappa shape index (κ3) is 3.58. The lowest BCUT2D eigenvalue weighted by Gasteiger charge is -2.26. The highest BCUT2D eigenvalue weighted by Crippen LogP contribution is 2.28. The summed E-state index contributed by atoms with van der Waals surface area (Å²) in [7, 11) is 0. The zero-order valence-corrected chi connectivity index (χ0v) is 10.8. The topological polar surface area (TPSA) is 38.7 Å². The summed E-state index contributed by atoms with van der Waals surface area (Å²) in [4.78, 5) is 0. The van der Waals surface area contributed by atoms with Gasteiger partial charge in [0.15, 0.2) is 5.79 Å². The maximum absolute atomic E-state index is 9.93. The van der Waals surface area contributed by atoms with Crippen LogP contribution in [0.15, 0.2) is 12.2 Å². The molecule has 1 unspecified atom stereocenters. The van der Waals surface area contributed by atoms with Crippen molar-refractivity contribution in [3.05, 3.63) is 12.2 Å². The predicted molar refractivity (Wildman–Crippen MR) is 64.1 cm³/mol. The van der Waals surface area contributed by atoms with Crippen molar-refractivity contribution in [3.8, 4) is 0 Å². The summed E-state index contributed by atoms with van der Waals surface area (Å²) in [5.41, 5.74) is -0.150. The molecular weight excluding hydrogens is 204 g/mol. The van der Waals surface area contributed by atoms with Gasteiger partial charge in [0.25, 0.3) is 0 Å². The van der Waals surface area contributed by atoms with Crippen LogP contribution >= 0.6 is 0 Å². The van der Waals surface area contributed by atoms with Gasteiger partial charge in [-0.15, -0.1) is 0 Å². The minimum atomic E-state index is -0.596. The Bertz CT molecular complexity index is 234. The summed E-state index contributed by atoms with van der Waals surface area (Å²) in [5.74, 6) is -0.596. The van der Waals surface area contributed by atoms with Crippen LogP contribution in [0.25, 0.3) is 0 Å². The number of ether oxygens (including phenoxy) is 2. The molecule has 0 aromatic rings. The summed E-state index contributed by atoms with van der Waals surface area (Å²) in [6, 6.07) is 0. The lowest BCUT2D eigenvalue weighted by atomic mass is 9.88. The van der Waals surface area contributed by atoms with E-state index in [1.165, 1.54) is 0 Å². The van der Waals surface area contributed by atoms with Gasteiger partial charge in [-0.05, 0) is 11.5 Å². The molecule has 0 radical (unpaired) electrons. The zero-order chi connectivity index (χ0) is 12.2. The van der Waals surface area contributed by atoms with E-state index in [1.807, 2.05) is 26.8 Å². The van der Waals surface area contributed by atoms with Crippen LogP contribution in [-0.2, 0) is 9.47 Å². The molecule has 0 aromatic heterocycles. The van der Waals surface area contributed by atoms with Crippen LogP contribution in [-0.4, -0.2) is 30.2 Å². The second-order valence-electron chi connectivity index (χ2n) is 5.43. The first-order valence-electron chi connectivity index (χ1n) is 6.05. The molecule has 16 heavy (non-hydrogen) atoms. The predicted octanol–water partition coefficient (Wildman–Crippen LogP) is 2.49. The molecule has 1 fully saturated rings. The van der Waals surface area contributed by atoms with E-state index in [9.17, 15) is 5.11 Å². The minimum Gasteiger partial charge on any atom is -0.388 e. The van der Waals surface area contributed by atoms with E-state index in [0.29, 0.717) is 13.2 Å². The molecule has 1 rings (SSSR count). The number of hydrogen-bond donors (Lipinski definition) is 1. The molecule has 94 valence electrons. The third-order valence-corrected chi connectivity index (χ3v) is 2.79. The van der Waals surface area contributed by atoms with Gasteiger partial charge in [0.05, 0.1) is 19.3 Å². The summed E-state index contributed by atoms with van der Waals surface area (Å²) in [5, 5.41) is 9.93. The zero-order valence-electron chi connectivity index (χ0n) is 10.8. The minimum absolute atomic E-state index is 0.150. The molecule has 1 saturated heterocycles. The second-order valence-corrected chi connectivity index (χ2v) is 5.43. The Balaban J connectivity index is 2.65. The van der Waals surface area contributed by atoms with Crippen LogP contribution in [0.2, 0.25) is 0 Å². The average molecular weight is 228 g/mol. The van der Waals surface area contributed by atoms with Crippen molar-refractivity contribution in [3.63, 3.8) is 0 Å². The molecular formula is C13H24O3. The maximum atomic E-state index is 9.93. The Labute approximate surface area is 98.4 Å². The van der Waals surface area contributed by atoms with Crippen LogP contribution < -0.4 is 0 Å². The van der Waals surface area contributed by atoms with Crippen molar-refractivity contribution >= 4 is 0 Å². The van der Waals surface area contributed by atoms with Gasteiger partial charge in [-0.1, -0.05) is 40.2 Å². The SMILES string of the molecule is CCCC1(/C=C/C(O)C(C)(C)C)OCCO1. The van der Waals surface area contributed by atoms with Gasteiger partial charge in [-0.3, -0.25) is 0 Å². The smallest absolute Gasteiger partial charge is 0.188 e. The van der Waals surface area contributed by atoms with E-state index in [1.54, 1.807) is 6.08 Å². The number of rotatable bonds is 4. The highest BCUT2D eigenvalue weighted by Gasteiger charge is 2.33. The Kier molecular flexibility index (Phi) is 4.53. The van der Waals surface area contributed by atoms with E-state index in [2.05, 4.69) is 6.92 Å². The molecule has 1 atom stereocenters. The second kappa shape index (κ2) is 5.30. The molecule has 3 nitrogen and oxygen atoms in total. The van der Waals surface area contributed by atoms with Gasteiger partial charge >= 0.3 is 0 Å². The fraction of sp³-hybridized carbons (Fsp3) is 0.846. The van der Waals surface area contributed by atoms with Crippen molar-refractivity contribution < 1.29 is 14.6 Å². The Morgan fingerprint density at radius 3 is 2.31 bits per heavy atom. The Hall–Kier alpha value is -0.380. The van der Waals surface area contributed by atoms with Gasteiger partial charge in [-0.25, -0.2) is 0 Å². The van der Waals surface area contributed by atoms with Gasteiger partial charge in [0, 0.05) is 6.42 Å². The van der Waals surface area contributed by atoms with E-state index >= 15 is 0 Å². The first kappa shape index (κ1) is 13.7.